The SMILES string of the molecule is CC1CCC(Cc2ccc(-c3ccc(C#N)cc3)cc2)CC1. The van der Waals surface area contributed by atoms with Crippen molar-refractivity contribution in [3.63, 3.8) is 0 Å². The van der Waals surface area contributed by atoms with Crippen LogP contribution in [0.3, 0.4) is 0 Å². The molecular formula is C21H23N. The summed E-state index contributed by atoms with van der Waals surface area (Å²) < 4.78 is 0. The molecule has 1 fully saturated rings. The lowest BCUT2D eigenvalue weighted by Gasteiger charge is -2.26. The summed E-state index contributed by atoms with van der Waals surface area (Å²) >= 11 is 0. The number of benzene rings is 2. The Balaban J connectivity index is 1.66. The quantitative estimate of drug-likeness (QED) is 0.722. The molecule has 0 N–H and O–H groups in total. The largest absolute Gasteiger partial charge is 0.192 e. The van der Waals surface area contributed by atoms with Crippen LogP contribution in [0.1, 0.15) is 43.7 Å². The van der Waals surface area contributed by atoms with Crippen molar-refractivity contribution in [2.24, 2.45) is 11.8 Å². The molecule has 3 rings (SSSR count). The molecule has 1 aliphatic carbocycles. The minimum atomic E-state index is 0.715. The Morgan fingerprint density at radius 3 is 1.95 bits per heavy atom. The van der Waals surface area contributed by atoms with E-state index < -0.39 is 0 Å². The molecule has 0 heterocycles. The van der Waals surface area contributed by atoms with Crippen LogP contribution in [0.5, 0.6) is 0 Å². The lowest BCUT2D eigenvalue weighted by molar-refractivity contribution is 0.289. The second kappa shape index (κ2) is 6.79. The smallest absolute Gasteiger partial charge is 0.0991 e. The summed E-state index contributed by atoms with van der Waals surface area (Å²) in [4.78, 5) is 0. The average Bonchev–Trinajstić information content (AvgIpc) is 2.58. The van der Waals surface area contributed by atoms with Crippen molar-refractivity contribution in [3.05, 3.63) is 59.7 Å². The zero-order valence-corrected chi connectivity index (χ0v) is 13.3. The van der Waals surface area contributed by atoms with E-state index in [9.17, 15) is 0 Å². The molecule has 0 amide bonds. The summed E-state index contributed by atoms with van der Waals surface area (Å²) in [5, 5.41) is 8.86. The minimum absolute atomic E-state index is 0.715. The van der Waals surface area contributed by atoms with E-state index in [2.05, 4.69) is 37.3 Å². The first-order valence-electron chi connectivity index (χ1n) is 8.34. The molecule has 1 saturated carbocycles. The second-order valence-corrected chi connectivity index (χ2v) is 6.72. The first-order valence-corrected chi connectivity index (χ1v) is 8.34. The maximum Gasteiger partial charge on any atom is 0.0991 e. The number of hydrogen-bond donors (Lipinski definition) is 0. The molecule has 0 aliphatic heterocycles. The van der Waals surface area contributed by atoms with E-state index in [0.717, 1.165) is 11.8 Å². The fourth-order valence-electron chi connectivity index (χ4n) is 3.44. The Morgan fingerprint density at radius 2 is 1.41 bits per heavy atom. The zero-order valence-electron chi connectivity index (χ0n) is 13.3. The Bertz CT molecular complexity index is 638. The molecule has 1 aliphatic rings. The summed E-state index contributed by atoms with van der Waals surface area (Å²) in [6, 6.07) is 18.9. The second-order valence-electron chi connectivity index (χ2n) is 6.72. The third-order valence-corrected chi connectivity index (χ3v) is 4.96. The van der Waals surface area contributed by atoms with Crippen molar-refractivity contribution in [2.75, 3.05) is 0 Å². The molecule has 2 aromatic carbocycles. The molecule has 22 heavy (non-hydrogen) atoms. The molecule has 0 atom stereocenters. The van der Waals surface area contributed by atoms with Gasteiger partial charge in [0.05, 0.1) is 11.6 Å². The van der Waals surface area contributed by atoms with E-state index in [1.165, 1.54) is 48.8 Å². The van der Waals surface area contributed by atoms with Crippen molar-refractivity contribution in [1.29, 1.82) is 5.26 Å². The molecule has 2 aromatic rings. The molecule has 0 unspecified atom stereocenters. The summed E-state index contributed by atoms with van der Waals surface area (Å²) in [5.74, 6) is 1.80. The first kappa shape index (κ1) is 14.9. The molecule has 0 bridgehead atoms. The van der Waals surface area contributed by atoms with E-state index in [1.807, 2.05) is 24.3 Å². The van der Waals surface area contributed by atoms with Gasteiger partial charge in [-0.2, -0.15) is 5.26 Å². The van der Waals surface area contributed by atoms with Gasteiger partial charge in [0.2, 0.25) is 0 Å². The normalized spacial score (nSPS) is 21.3. The van der Waals surface area contributed by atoms with Crippen molar-refractivity contribution < 1.29 is 0 Å². The Hall–Kier alpha value is -2.07. The van der Waals surface area contributed by atoms with Gasteiger partial charge in [-0.1, -0.05) is 56.2 Å². The van der Waals surface area contributed by atoms with Gasteiger partial charge in [-0.3, -0.25) is 0 Å². The lowest BCUT2D eigenvalue weighted by Crippen LogP contribution is -2.14. The third kappa shape index (κ3) is 3.57. The van der Waals surface area contributed by atoms with E-state index >= 15 is 0 Å². The Morgan fingerprint density at radius 1 is 0.864 bits per heavy atom. The fraction of sp³-hybridized carbons (Fsp3) is 0.381. The van der Waals surface area contributed by atoms with Crippen LogP contribution in [-0.4, -0.2) is 0 Å². The molecule has 1 heteroatoms. The highest BCUT2D eigenvalue weighted by atomic mass is 14.2. The Kier molecular flexibility index (Phi) is 4.59. The summed E-state index contributed by atoms with van der Waals surface area (Å²) in [7, 11) is 0. The number of rotatable bonds is 3. The molecule has 0 spiro atoms. The van der Waals surface area contributed by atoms with Crippen LogP contribution >= 0.6 is 0 Å². The molecule has 112 valence electrons. The van der Waals surface area contributed by atoms with E-state index in [-0.39, 0.29) is 0 Å². The fourth-order valence-corrected chi connectivity index (χ4v) is 3.44. The third-order valence-electron chi connectivity index (χ3n) is 4.96. The highest BCUT2D eigenvalue weighted by molar-refractivity contribution is 5.64. The van der Waals surface area contributed by atoms with Gasteiger partial charge in [-0.25, -0.2) is 0 Å². The van der Waals surface area contributed by atoms with Crippen LogP contribution in [0.4, 0.5) is 0 Å². The van der Waals surface area contributed by atoms with Gasteiger partial charge in [-0.15, -0.1) is 0 Å². The van der Waals surface area contributed by atoms with Crippen molar-refractivity contribution >= 4 is 0 Å². The van der Waals surface area contributed by atoms with Gasteiger partial charge in [0.25, 0.3) is 0 Å². The minimum Gasteiger partial charge on any atom is -0.192 e. The van der Waals surface area contributed by atoms with Crippen LogP contribution in [0.2, 0.25) is 0 Å². The number of nitrogens with zero attached hydrogens (tertiary/aromatic N) is 1. The Labute approximate surface area is 133 Å². The van der Waals surface area contributed by atoms with Crippen molar-refractivity contribution in [1.82, 2.24) is 0 Å². The van der Waals surface area contributed by atoms with Crippen LogP contribution in [0.25, 0.3) is 11.1 Å². The number of hydrogen-bond acceptors (Lipinski definition) is 1. The zero-order chi connectivity index (χ0) is 15.4. The van der Waals surface area contributed by atoms with E-state index in [4.69, 9.17) is 5.26 Å². The van der Waals surface area contributed by atoms with Gasteiger partial charge in [0, 0.05) is 0 Å². The lowest BCUT2D eigenvalue weighted by atomic mass is 9.80. The van der Waals surface area contributed by atoms with Crippen molar-refractivity contribution in [2.45, 2.75) is 39.0 Å². The van der Waals surface area contributed by atoms with Crippen LogP contribution in [0.15, 0.2) is 48.5 Å². The molecule has 0 radical (unpaired) electrons. The van der Waals surface area contributed by atoms with Crippen molar-refractivity contribution in [3.8, 4) is 17.2 Å². The van der Waals surface area contributed by atoms with Crippen LogP contribution < -0.4 is 0 Å². The maximum absolute atomic E-state index is 8.86. The van der Waals surface area contributed by atoms with Gasteiger partial charge in [-0.05, 0) is 59.9 Å². The standard InChI is InChI=1S/C21H23N/c1-16-2-4-17(5-3-16)14-18-6-10-20(11-7-18)21-12-8-19(15-22)9-13-21/h6-13,16-17H,2-5,14H2,1H3. The first-order chi connectivity index (χ1) is 10.7. The summed E-state index contributed by atoms with van der Waals surface area (Å²) in [6.45, 7) is 2.38. The topological polar surface area (TPSA) is 23.8 Å². The maximum atomic E-state index is 8.86. The number of nitriles is 1. The average molecular weight is 289 g/mol. The van der Waals surface area contributed by atoms with Gasteiger partial charge in [0.1, 0.15) is 0 Å². The van der Waals surface area contributed by atoms with E-state index in [0.29, 0.717) is 5.56 Å². The van der Waals surface area contributed by atoms with Gasteiger partial charge >= 0.3 is 0 Å². The van der Waals surface area contributed by atoms with Gasteiger partial charge < -0.3 is 0 Å². The molecule has 0 saturated heterocycles. The molecule has 1 nitrogen and oxygen atoms in total. The monoisotopic (exact) mass is 289 g/mol. The van der Waals surface area contributed by atoms with Crippen LogP contribution in [0, 0.1) is 23.2 Å². The van der Waals surface area contributed by atoms with E-state index in [1.54, 1.807) is 0 Å². The predicted octanol–water partition coefficient (Wildman–Crippen LogP) is 5.59. The van der Waals surface area contributed by atoms with Crippen LogP contribution in [-0.2, 0) is 6.42 Å². The molecule has 0 aromatic heterocycles. The molecular weight excluding hydrogens is 266 g/mol. The summed E-state index contributed by atoms with van der Waals surface area (Å²) in [6.07, 6.45) is 6.79. The highest BCUT2D eigenvalue weighted by Crippen LogP contribution is 2.31. The predicted molar refractivity (Wildman–Crippen MR) is 91.4 cm³/mol. The highest BCUT2D eigenvalue weighted by Gasteiger charge is 2.18. The summed E-state index contributed by atoms with van der Waals surface area (Å²) in [5.41, 5.74) is 4.58. The van der Waals surface area contributed by atoms with Gasteiger partial charge in [0.15, 0.2) is 0 Å².